The van der Waals surface area contributed by atoms with Crippen molar-refractivity contribution in [2.75, 3.05) is 11.4 Å². The Hall–Kier alpha value is -2.57. The van der Waals surface area contributed by atoms with Gasteiger partial charge >= 0.3 is 0 Å². The highest BCUT2D eigenvalue weighted by molar-refractivity contribution is 9.10. The minimum atomic E-state index is -0.0799. The molecule has 27 heavy (non-hydrogen) atoms. The van der Waals surface area contributed by atoms with Crippen molar-refractivity contribution in [2.24, 2.45) is 0 Å². The van der Waals surface area contributed by atoms with Crippen LogP contribution < -0.4 is 4.90 Å². The van der Waals surface area contributed by atoms with E-state index in [1.807, 2.05) is 66.9 Å². The molecule has 3 heterocycles. The highest BCUT2D eigenvalue weighted by Crippen LogP contribution is 2.29. The summed E-state index contributed by atoms with van der Waals surface area (Å²) in [5, 5.41) is 2.86. The molecular formula is C21H16BrN3OS. The lowest BCUT2D eigenvalue weighted by molar-refractivity contribution is 0.0989. The van der Waals surface area contributed by atoms with Gasteiger partial charge in [0.15, 0.2) is 0 Å². The molecule has 0 unspecified atom stereocenters. The quantitative estimate of drug-likeness (QED) is 0.405. The molecule has 0 spiro atoms. The predicted octanol–water partition coefficient (Wildman–Crippen LogP) is 5.79. The maximum absolute atomic E-state index is 13.4. The third-order valence-corrected chi connectivity index (χ3v) is 5.63. The summed E-state index contributed by atoms with van der Waals surface area (Å²) < 4.78 is 0.879. The number of carbonyl (C=O) groups is 1. The van der Waals surface area contributed by atoms with E-state index in [4.69, 9.17) is 4.98 Å². The van der Waals surface area contributed by atoms with Crippen LogP contribution in [0.2, 0.25) is 0 Å². The summed E-state index contributed by atoms with van der Waals surface area (Å²) in [6.07, 6.45) is 1.70. The maximum Gasteiger partial charge on any atom is 0.260 e. The van der Waals surface area contributed by atoms with Gasteiger partial charge in [-0.15, -0.1) is 11.3 Å². The Labute approximate surface area is 169 Å². The van der Waals surface area contributed by atoms with Crippen LogP contribution in [0.4, 0.5) is 5.82 Å². The fourth-order valence-corrected chi connectivity index (χ4v) is 3.91. The molecule has 1 amide bonds. The van der Waals surface area contributed by atoms with Gasteiger partial charge in [0, 0.05) is 22.6 Å². The Kier molecular flexibility index (Phi) is 5.01. The molecule has 4 aromatic rings. The molecule has 4 nitrogen and oxygen atoms in total. The Morgan fingerprint density at radius 3 is 2.70 bits per heavy atom. The van der Waals surface area contributed by atoms with Gasteiger partial charge in [-0.05, 0) is 58.6 Å². The van der Waals surface area contributed by atoms with Crippen LogP contribution in [0.5, 0.6) is 0 Å². The number of rotatable bonds is 4. The van der Waals surface area contributed by atoms with E-state index in [2.05, 4.69) is 20.9 Å². The van der Waals surface area contributed by atoms with Crippen LogP contribution in [0.1, 0.15) is 17.3 Å². The summed E-state index contributed by atoms with van der Waals surface area (Å²) in [5.74, 6) is 0.549. The largest absolute Gasteiger partial charge is 0.293 e. The average molecular weight is 438 g/mol. The van der Waals surface area contributed by atoms with Crippen LogP contribution in [0.15, 0.2) is 70.6 Å². The summed E-state index contributed by atoms with van der Waals surface area (Å²) >= 11 is 5.00. The number of hydrogen-bond acceptors (Lipinski definition) is 4. The second-order valence-corrected chi connectivity index (χ2v) is 7.80. The van der Waals surface area contributed by atoms with Crippen molar-refractivity contribution in [3.8, 4) is 10.6 Å². The minimum Gasteiger partial charge on any atom is -0.293 e. The standard InChI is InChI=1S/C21H16BrN3OS/c1-2-25(20-10-9-14(22)13-23-20)21(26)16-12-18(19-8-5-11-27-19)24-17-7-4-3-6-15(16)17/h3-13H,2H2,1H3. The van der Waals surface area contributed by atoms with E-state index in [1.54, 1.807) is 22.4 Å². The second-order valence-electron chi connectivity index (χ2n) is 5.93. The number of anilines is 1. The molecule has 0 aliphatic rings. The van der Waals surface area contributed by atoms with Crippen LogP contribution >= 0.6 is 27.3 Å². The summed E-state index contributed by atoms with van der Waals surface area (Å²) in [4.78, 5) is 25.3. The van der Waals surface area contributed by atoms with Crippen molar-refractivity contribution in [2.45, 2.75) is 6.92 Å². The van der Waals surface area contributed by atoms with Crippen LogP contribution in [0.25, 0.3) is 21.5 Å². The van der Waals surface area contributed by atoms with Gasteiger partial charge in [0.2, 0.25) is 0 Å². The number of aromatic nitrogens is 2. The second kappa shape index (κ2) is 7.58. The zero-order chi connectivity index (χ0) is 18.8. The van der Waals surface area contributed by atoms with E-state index < -0.39 is 0 Å². The predicted molar refractivity (Wildman–Crippen MR) is 114 cm³/mol. The summed E-state index contributed by atoms with van der Waals surface area (Å²) in [5.41, 5.74) is 2.26. The normalized spacial score (nSPS) is 10.9. The molecule has 4 rings (SSSR count). The number of hydrogen-bond donors (Lipinski definition) is 0. The minimum absolute atomic E-state index is 0.0799. The van der Waals surface area contributed by atoms with Crippen LogP contribution in [-0.4, -0.2) is 22.4 Å². The molecule has 134 valence electrons. The van der Waals surface area contributed by atoms with E-state index in [1.165, 1.54) is 0 Å². The van der Waals surface area contributed by atoms with Crippen LogP contribution in [-0.2, 0) is 0 Å². The number of para-hydroxylation sites is 1. The van der Waals surface area contributed by atoms with Crippen molar-refractivity contribution >= 4 is 49.9 Å². The molecule has 0 saturated heterocycles. The number of thiophene rings is 1. The van der Waals surface area contributed by atoms with Gasteiger partial charge in [-0.3, -0.25) is 9.69 Å². The first-order chi connectivity index (χ1) is 13.2. The number of benzene rings is 1. The molecule has 0 atom stereocenters. The van der Waals surface area contributed by atoms with Gasteiger partial charge < -0.3 is 0 Å². The lowest BCUT2D eigenvalue weighted by Gasteiger charge is -2.21. The van der Waals surface area contributed by atoms with Gasteiger partial charge in [0.25, 0.3) is 5.91 Å². The highest BCUT2D eigenvalue weighted by atomic mass is 79.9. The Morgan fingerprint density at radius 2 is 2.00 bits per heavy atom. The number of amides is 1. The zero-order valence-corrected chi connectivity index (χ0v) is 17.0. The van der Waals surface area contributed by atoms with Crippen LogP contribution in [0, 0.1) is 0 Å². The number of nitrogens with zero attached hydrogens (tertiary/aromatic N) is 3. The molecule has 6 heteroatoms. The molecule has 0 aliphatic heterocycles. The molecular weight excluding hydrogens is 422 g/mol. The van der Waals surface area contributed by atoms with Crippen LogP contribution in [0.3, 0.4) is 0 Å². The zero-order valence-electron chi connectivity index (χ0n) is 14.6. The number of fused-ring (bicyclic) bond motifs is 1. The molecule has 0 fully saturated rings. The molecule has 0 bridgehead atoms. The summed E-state index contributed by atoms with van der Waals surface area (Å²) in [7, 11) is 0. The first kappa shape index (κ1) is 17.8. The molecule has 0 aliphatic carbocycles. The number of carbonyl (C=O) groups excluding carboxylic acids is 1. The third-order valence-electron chi connectivity index (χ3n) is 4.27. The monoisotopic (exact) mass is 437 g/mol. The van der Waals surface area contributed by atoms with Crippen molar-refractivity contribution in [3.63, 3.8) is 0 Å². The fraction of sp³-hybridized carbons (Fsp3) is 0.0952. The Balaban J connectivity index is 1.86. The Bertz CT molecular complexity index is 1090. The van der Waals surface area contributed by atoms with Crippen molar-refractivity contribution in [3.05, 3.63) is 76.2 Å². The van der Waals surface area contributed by atoms with Gasteiger partial charge in [0.1, 0.15) is 5.82 Å². The molecule has 0 N–H and O–H groups in total. The van der Waals surface area contributed by atoms with E-state index in [-0.39, 0.29) is 5.91 Å². The molecule has 1 aromatic carbocycles. The van der Waals surface area contributed by atoms with E-state index in [0.717, 1.165) is 25.9 Å². The topological polar surface area (TPSA) is 46.1 Å². The first-order valence-corrected chi connectivity index (χ1v) is 10.2. The highest BCUT2D eigenvalue weighted by Gasteiger charge is 2.21. The van der Waals surface area contributed by atoms with E-state index in [9.17, 15) is 4.79 Å². The molecule has 0 saturated carbocycles. The van der Waals surface area contributed by atoms with Gasteiger partial charge in [0.05, 0.1) is 21.7 Å². The maximum atomic E-state index is 13.4. The summed E-state index contributed by atoms with van der Waals surface area (Å²) in [6, 6.07) is 17.4. The van der Waals surface area contributed by atoms with Crippen molar-refractivity contribution in [1.29, 1.82) is 0 Å². The number of pyridine rings is 2. The smallest absolute Gasteiger partial charge is 0.260 e. The van der Waals surface area contributed by atoms with Gasteiger partial charge in [-0.2, -0.15) is 0 Å². The fourth-order valence-electron chi connectivity index (χ4n) is 2.99. The van der Waals surface area contributed by atoms with Crippen molar-refractivity contribution in [1.82, 2.24) is 9.97 Å². The summed E-state index contributed by atoms with van der Waals surface area (Å²) in [6.45, 7) is 2.48. The van der Waals surface area contributed by atoms with E-state index >= 15 is 0 Å². The SMILES string of the molecule is CCN(C(=O)c1cc(-c2cccs2)nc2ccccc12)c1ccc(Br)cn1. The van der Waals surface area contributed by atoms with Gasteiger partial charge in [-0.1, -0.05) is 24.3 Å². The molecule has 0 radical (unpaired) electrons. The first-order valence-electron chi connectivity index (χ1n) is 8.54. The number of halogens is 1. The average Bonchev–Trinajstić information content (AvgIpc) is 3.24. The van der Waals surface area contributed by atoms with Gasteiger partial charge in [-0.25, -0.2) is 9.97 Å². The lowest BCUT2D eigenvalue weighted by Crippen LogP contribution is -2.31. The van der Waals surface area contributed by atoms with Crippen molar-refractivity contribution < 1.29 is 4.79 Å². The Morgan fingerprint density at radius 1 is 1.15 bits per heavy atom. The molecule has 3 aromatic heterocycles. The third kappa shape index (κ3) is 3.50. The van der Waals surface area contributed by atoms with E-state index in [0.29, 0.717) is 17.9 Å². The lowest BCUT2D eigenvalue weighted by atomic mass is 10.1.